The van der Waals surface area contributed by atoms with E-state index < -0.39 is 0 Å². The van der Waals surface area contributed by atoms with E-state index in [0.29, 0.717) is 11.6 Å². The first kappa shape index (κ1) is 10.3. The van der Waals surface area contributed by atoms with E-state index in [0.717, 1.165) is 0 Å². The zero-order valence-corrected chi connectivity index (χ0v) is 8.54. The second-order valence-corrected chi connectivity index (χ2v) is 4.24. The lowest BCUT2D eigenvalue weighted by Crippen LogP contribution is -2.21. The maximum absolute atomic E-state index is 11.5. The predicted octanol–water partition coefficient (Wildman–Crippen LogP) is 0.220. The van der Waals surface area contributed by atoms with Gasteiger partial charge in [0.1, 0.15) is 0 Å². The van der Waals surface area contributed by atoms with Crippen molar-refractivity contribution in [3.8, 4) is 0 Å². The quantitative estimate of drug-likeness (QED) is 0.707. The number of nitrogens with two attached hydrogens (primary N) is 1. The first-order valence-corrected chi connectivity index (χ1v) is 4.91. The van der Waals surface area contributed by atoms with Crippen molar-refractivity contribution in [2.24, 2.45) is 12.8 Å². The molecular weight excluding hydrogens is 186 g/mol. The fourth-order valence-electron chi connectivity index (χ4n) is 0.794. The number of aryl methyl sites for hydroxylation is 1. The number of thioether (sulfide) groups is 1. The zero-order chi connectivity index (χ0) is 9.84. The molecule has 0 amide bonds. The molecule has 0 saturated carbocycles. The fraction of sp³-hybridized carbons (Fsp3) is 0.500. The molecule has 1 rings (SSSR count). The van der Waals surface area contributed by atoms with Crippen molar-refractivity contribution in [1.29, 1.82) is 0 Å². The summed E-state index contributed by atoms with van der Waals surface area (Å²) in [6.45, 7) is 2.52. The van der Waals surface area contributed by atoms with Gasteiger partial charge in [0.2, 0.25) is 0 Å². The monoisotopic (exact) mass is 199 g/mol. The lowest BCUT2D eigenvalue weighted by molar-refractivity contribution is 0.791. The highest BCUT2D eigenvalue weighted by molar-refractivity contribution is 7.99. The third-order valence-corrected chi connectivity index (χ3v) is 2.73. The summed E-state index contributed by atoms with van der Waals surface area (Å²) >= 11 is 1.41. The molecule has 0 fully saturated rings. The van der Waals surface area contributed by atoms with Crippen molar-refractivity contribution >= 4 is 11.8 Å². The van der Waals surface area contributed by atoms with Crippen LogP contribution in [-0.4, -0.2) is 21.3 Å². The van der Waals surface area contributed by atoms with E-state index in [1.165, 1.54) is 16.3 Å². The normalized spacial score (nSPS) is 12.8. The molecule has 0 radical (unpaired) electrons. The van der Waals surface area contributed by atoms with E-state index in [4.69, 9.17) is 5.73 Å². The molecule has 1 atom stereocenters. The molecule has 0 aliphatic carbocycles. The topological polar surface area (TPSA) is 60.9 Å². The van der Waals surface area contributed by atoms with Crippen molar-refractivity contribution in [2.45, 2.75) is 17.2 Å². The summed E-state index contributed by atoms with van der Waals surface area (Å²) in [5.41, 5.74) is 5.39. The van der Waals surface area contributed by atoms with Gasteiger partial charge in [-0.25, -0.2) is 4.98 Å². The summed E-state index contributed by atoms with van der Waals surface area (Å²) < 4.78 is 1.51. The molecule has 0 aliphatic heterocycles. The maximum atomic E-state index is 11.5. The van der Waals surface area contributed by atoms with Crippen molar-refractivity contribution in [2.75, 3.05) is 6.54 Å². The van der Waals surface area contributed by atoms with Gasteiger partial charge in [-0.1, -0.05) is 18.7 Å². The molecule has 13 heavy (non-hydrogen) atoms. The van der Waals surface area contributed by atoms with E-state index in [1.54, 1.807) is 19.4 Å². The lowest BCUT2D eigenvalue weighted by atomic mass is 10.5. The van der Waals surface area contributed by atoms with Gasteiger partial charge in [-0.15, -0.1) is 0 Å². The molecule has 0 aromatic carbocycles. The molecule has 0 spiro atoms. The number of aromatic nitrogens is 2. The van der Waals surface area contributed by atoms with Crippen LogP contribution >= 0.6 is 11.8 Å². The number of nitrogens with zero attached hydrogens (tertiary/aromatic N) is 2. The first-order valence-electron chi connectivity index (χ1n) is 4.03. The second-order valence-electron chi connectivity index (χ2n) is 2.81. The van der Waals surface area contributed by atoms with E-state index in [1.807, 2.05) is 6.92 Å². The Bertz CT molecular complexity index is 336. The van der Waals surface area contributed by atoms with Crippen LogP contribution < -0.4 is 11.3 Å². The Morgan fingerprint density at radius 1 is 1.77 bits per heavy atom. The number of hydrogen-bond acceptors (Lipinski definition) is 4. The van der Waals surface area contributed by atoms with Crippen molar-refractivity contribution in [1.82, 2.24) is 9.55 Å². The highest BCUT2D eigenvalue weighted by Crippen LogP contribution is 2.15. The minimum Gasteiger partial charge on any atom is -0.329 e. The Morgan fingerprint density at radius 2 is 2.46 bits per heavy atom. The van der Waals surface area contributed by atoms with Crippen LogP contribution in [0.4, 0.5) is 0 Å². The first-order chi connectivity index (χ1) is 6.15. The second kappa shape index (κ2) is 4.43. The van der Waals surface area contributed by atoms with Crippen LogP contribution in [0, 0.1) is 0 Å². The minimum atomic E-state index is -0.0622. The molecule has 5 heteroatoms. The predicted molar refractivity (Wildman–Crippen MR) is 53.9 cm³/mol. The van der Waals surface area contributed by atoms with Crippen molar-refractivity contribution in [3.63, 3.8) is 0 Å². The van der Waals surface area contributed by atoms with Crippen LogP contribution in [0.5, 0.6) is 0 Å². The summed E-state index contributed by atoms with van der Waals surface area (Å²) in [5.74, 6) is 0. The minimum absolute atomic E-state index is 0.0622. The standard InChI is InChI=1S/C8H13N3OS/c1-6(5-9)13-7-8(12)11(2)4-3-10-7/h3-4,6H,5,9H2,1-2H3. The molecule has 0 bridgehead atoms. The smallest absolute Gasteiger partial charge is 0.282 e. The summed E-state index contributed by atoms with van der Waals surface area (Å²) in [4.78, 5) is 15.5. The van der Waals surface area contributed by atoms with E-state index >= 15 is 0 Å². The van der Waals surface area contributed by atoms with Crippen LogP contribution in [0.1, 0.15) is 6.92 Å². The molecule has 4 nitrogen and oxygen atoms in total. The molecule has 72 valence electrons. The molecule has 0 saturated heterocycles. The number of hydrogen-bond donors (Lipinski definition) is 1. The largest absolute Gasteiger partial charge is 0.329 e. The van der Waals surface area contributed by atoms with Crippen LogP contribution in [0.3, 0.4) is 0 Å². The summed E-state index contributed by atoms with van der Waals surface area (Å²) in [5, 5.41) is 0.741. The Balaban J connectivity index is 2.89. The van der Waals surface area contributed by atoms with Crippen LogP contribution in [0.25, 0.3) is 0 Å². The van der Waals surface area contributed by atoms with Crippen molar-refractivity contribution in [3.05, 3.63) is 22.7 Å². The Morgan fingerprint density at radius 3 is 3.08 bits per heavy atom. The number of rotatable bonds is 3. The molecule has 1 heterocycles. The molecular formula is C8H13N3OS. The van der Waals surface area contributed by atoms with Gasteiger partial charge in [-0.2, -0.15) is 0 Å². The van der Waals surface area contributed by atoms with Gasteiger partial charge in [0.15, 0.2) is 5.03 Å². The Hall–Kier alpha value is -0.810. The third kappa shape index (κ3) is 2.57. The highest BCUT2D eigenvalue weighted by atomic mass is 32.2. The molecule has 2 N–H and O–H groups in total. The van der Waals surface area contributed by atoms with E-state index in [9.17, 15) is 4.79 Å². The van der Waals surface area contributed by atoms with Gasteiger partial charge in [-0.3, -0.25) is 4.79 Å². The van der Waals surface area contributed by atoms with Gasteiger partial charge in [-0.05, 0) is 0 Å². The van der Waals surface area contributed by atoms with Crippen LogP contribution in [0.2, 0.25) is 0 Å². The third-order valence-electron chi connectivity index (χ3n) is 1.63. The van der Waals surface area contributed by atoms with Gasteiger partial charge >= 0.3 is 0 Å². The summed E-state index contributed by atoms with van der Waals surface area (Å²) in [6.07, 6.45) is 3.26. The maximum Gasteiger partial charge on any atom is 0.282 e. The zero-order valence-electron chi connectivity index (χ0n) is 7.73. The average Bonchev–Trinajstić information content (AvgIpc) is 2.13. The van der Waals surface area contributed by atoms with Crippen LogP contribution in [0.15, 0.2) is 22.2 Å². The molecule has 0 aliphatic rings. The van der Waals surface area contributed by atoms with E-state index in [2.05, 4.69) is 4.98 Å². The Kier molecular flexibility index (Phi) is 3.50. The SMILES string of the molecule is CC(CN)Sc1nccn(C)c1=O. The van der Waals surface area contributed by atoms with Crippen LogP contribution in [-0.2, 0) is 7.05 Å². The van der Waals surface area contributed by atoms with Gasteiger partial charge in [0.25, 0.3) is 5.56 Å². The lowest BCUT2D eigenvalue weighted by Gasteiger charge is -2.06. The van der Waals surface area contributed by atoms with Gasteiger partial charge < -0.3 is 10.3 Å². The molecule has 1 aromatic rings. The molecule has 1 unspecified atom stereocenters. The summed E-state index contributed by atoms with van der Waals surface area (Å²) in [6, 6.07) is 0. The van der Waals surface area contributed by atoms with Crippen molar-refractivity contribution < 1.29 is 0 Å². The van der Waals surface area contributed by atoms with E-state index in [-0.39, 0.29) is 10.8 Å². The Labute approximate surface area is 81.2 Å². The average molecular weight is 199 g/mol. The summed E-state index contributed by atoms with van der Waals surface area (Å²) in [7, 11) is 1.71. The molecule has 1 aromatic heterocycles. The highest BCUT2D eigenvalue weighted by Gasteiger charge is 2.07. The fourth-order valence-corrected chi connectivity index (χ4v) is 1.64. The van der Waals surface area contributed by atoms with Gasteiger partial charge in [0, 0.05) is 31.2 Å². The van der Waals surface area contributed by atoms with Gasteiger partial charge in [0.05, 0.1) is 0 Å².